The molecule has 0 aliphatic rings. The molecule has 0 aliphatic heterocycles. The molecule has 20 rings (SSSR count). The molecule has 126 heavy (non-hydrogen) atoms. The first-order valence-corrected chi connectivity index (χ1v) is 43.4. The Labute approximate surface area is 733 Å². The fourth-order valence-electron chi connectivity index (χ4n) is 20.3. The smallest absolute Gasteiger partial charge is 0.104 e. The molecule has 0 spiro atoms. The first-order valence-electron chi connectivity index (χ1n) is 43.4. The highest BCUT2D eigenvalue weighted by Gasteiger charge is 2.38. The molecule has 0 bridgehead atoms. The SMILES string of the molecule is CC(C)(C)c1ccc2c(c1)c1cc(C(C)(C)C)ccc1n2-c1c(C#N)c(-n2c3ccc(C(C)(C)C)cc3c3cc(C(C)(C)C)ccc32)c(C#N)c(-n2c3ccc(C(C)(C)C)cc3c3cc(C(C)(C)Cc4ccc5c(c4)c4ccccc4n5-c4c(C#N)c(-n5c6ccccc6c6ccccc65)c(C#N)c(-n5c6ccccc6c6ccccc65)c4C#N)ccc32)c1C#N. The Morgan fingerprint density at radius 3 is 0.563 bits per heavy atom. The van der Waals surface area contributed by atoms with Crippen molar-refractivity contribution in [2.45, 2.75) is 157 Å². The van der Waals surface area contributed by atoms with Gasteiger partial charge in [-0.25, -0.2) is 0 Å². The van der Waals surface area contributed by atoms with Crippen molar-refractivity contribution in [2.75, 3.05) is 0 Å². The summed E-state index contributed by atoms with van der Waals surface area (Å²) in [5, 5.41) is 86.3. The van der Waals surface area contributed by atoms with Crippen molar-refractivity contribution in [3.63, 3.8) is 0 Å². The minimum Gasteiger partial charge on any atom is -0.306 e. The monoisotopic (exact) mass is 1630 g/mol. The van der Waals surface area contributed by atoms with Crippen LogP contribution in [0, 0.1) is 68.0 Å². The van der Waals surface area contributed by atoms with Crippen LogP contribution in [0.5, 0.6) is 0 Å². The number of nitrogens with zero attached hydrogens (tertiary/aromatic N) is 12. The highest BCUT2D eigenvalue weighted by Crippen LogP contribution is 2.52. The van der Waals surface area contributed by atoms with Gasteiger partial charge in [-0.05, 0) is 193 Å². The molecular formula is C114H94N12. The van der Waals surface area contributed by atoms with E-state index in [2.05, 4.69) is 345 Å². The van der Waals surface area contributed by atoms with Gasteiger partial charge >= 0.3 is 0 Å². The van der Waals surface area contributed by atoms with Crippen LogP contribution in [0.15, 0.2) is 249 Å². The third-order valence-corrected chi connectivity index (χ3v) is 26.8. The second-order valence-corrected chi connectivity index (χ2v) is 40.2. The van der Waals surface area contributed by atoms with Gasteiger partial charge in [0.05, 0.1) is 100 Å². The van der Waals surface area contributed by atoms with Crippen LogP contribution in [-0.2, 0) is 38.9 Å². The molecule has 14 aromatic carbocycles. The molecule has 0 saturated carbocycles. The molecule has 0 saturated heterocycles. The molecule has 0 fully saturated rings. The van der Waals surface area contributed by atoms with Crippen LogP contribution in [0.25, 0.3) is 165 Å². The Bertz CT molecular complexity index is 7900. The van der Waals surface area contributed by atoms with E-state index in [1.54, 1.807) is 0 Å². The number of hydrogen-bond acceptors (Lipinski definition) is 6. The zero-order valence-corrected chi connectivity index (χ0v) is 74.2. The van der Waals surface area contributed by atoms with Gasteiger partial charge in [0.15, 0.2) is 0 Å². The second-order valence-electron chi connectivity index (χ2n) is 40.2. The molecule has 12 heteroatoms. The van der Waals surface area contributed by atoms with Gasteiger partial charge in [-0.3, -0.25) is 0 Å². The topological polar surface area (TPSA) is 172 Å². The van der Waals surface area contributed by atoms with Gasteiger partial charge in [0.2, 0.25) is 0 Å². The molecule has 0 radical (unpaired) electrons. The number of aromatic nitrogens is 6. The molecule has 20 aromatic rings. The Hall–Kier alpha value is -15.2. The Balaban J connectivity index is 0.827. The molecule has 0 N–H and O–H groups in total. The summed E-state index contributed by atoms with van der Waals surface area (Å²) in [4.78, 5) is 0. The standard InChI is InChI=1S/C114H94N12/c1-109(2,3)67-39-46-97-79(53-67)80-54-68(110(4,5)6)40-47-98(80)124(97)106-88(63-118)107(125-99-48-41-69(111(7,8)9)55-81(99)82-56-70(112(10,11)12)42-49-100(82)125)90(65-120)108(89(106)64-119)126-101-50-43-71(113(13,14)15)57-83(101)84-58-72(44-51-102(84)126)114(16,17)59-66-38-45-96-78(52-66)77-32-22-27-37-95(77)123(96)105-86(61-116)103(121-91-33-23-18-28-73(91)74-29-19-24-34-92(74)121)85(60-115)104(87(105)62-117)122-93-35-25-20-30-75(93)76-31-21-26-36-94(76)122/h18-58H,59H2,1-17H3. The molecule has 0 atom stereocenters. The maximum Gasteiger partial charge on any atom is 0.104 e. The van der Waals surface area contributed by atoms with Crippen LogP contribution in [0.4, 0.5) is 0 Å². The van der Waals surface area contributed by atoms with Gasteiger partial charge < -0.3 is 27.4 Å². The van der Waals surface area contributed by atoms with Crippen molar-refractivity contribution in [1.29, 1.82) is 31.6 Å². The third-order valence-electron chi connectivity index (χ3n) is 26.8. The van der Waals surface area contributed by atoms with E-state index in [0.29, 0.717) is 40.5 Å². The average Bonchev–Trinajstić information content (AvgIpc) is 1.52. The summed E-state index contributed by atoms with van der Waals surface area (Å²) in [6, 6.07) is 103. The second kappa shape index (κ2) is 27.9. The highest BCUT2D eigenvalue weighted by molar-refractivity contribution is 6.17. The number of benzene rings is 14. The molecule has 0 amide bonds. The van der Waals surface area contributed by atoms with E-state index in [9.17, 15) is 31.6 Å². The Kier molecular flexibility index (Phi) is 17.6. The summed E-state index contributed by atoms with van der Waals surface area (Å²) in [7, 11) is 0. The van der Waals surface area contributed by atoms with Gasteiger partial charge in [0.1, 0.15) is 69.8 Å². The van der Waals surface area contributed by atoms with E-state index in [1.165, 1.54) is 0 Å². The summed E-state index contributed by atoms with van der Waals surface area (Å²) >= 11 is 0. The first-order chi connectivity index (χ1) is 60.2. The summed E-state index contributed by atoms with van der Waals surface area (Å²) < 4.78 is 12.6. The molecular weight excluding hydrogens is 1540 g/mol. The molecule has 6 heterocycles. The average molecular weight is 1630 g/mol. The van der Waals surface area contributed by atoms with Gasteiger partial charge in [0.25, 0.3) is 0 Å². The van der Waals surface area contributed by atoms with Crippen LogP contribution in [0.2, 0.25) is 0 Å². The zero-order valence-electron chi connectivity index (χ0n) is 74.2. The van der Waals surface area contributed by atoms with Crippen molar-refractivity contribution in [1.82, 2.24) is 27.4 Å². The molecule has 12 nitrogen and oxygen atoms in total. The van der Waals surface area contributed by atoms with E-state index in [0.717, 1.165) is 170 Å². The van der Waals surface area contributed by atoms with Gasteiger partial charge in [-0.15, -0.1) is 0 Å². The molecule has 0 unspecified atom stereocenters. The van der Waals surface area contributed by atoms with E-state index in [4.69, 9.17) is 0 Å². The van der Waals surface area contributed by atoms with Crippen molar-refractivity contribution in [3.8, 4) is 70.5 Å². The summed E-state index contributed by atoms with van der Waals surface area (Å²) in [5.74, 6) is 0. The predicted octanol–water partition coefficient (Wildman–Crippen LogP) is 28.5. The number of para-hydroxylation sites is 5. The maximum absolute atomic E-state index is 12.8. The normalized spacial score (nSPS) is 12.6. The number of nitriles is 6. The minimum atomic E-state index is -0.573. The number of hydrogen-bond donors (Lipinski definition) is 0. The summed E-state index contributed by atoms with van der Waals surface area (Å²) in [6.45, 7) is 37.9. The molecule has 610 valence electrons. The van der Waals surface area contributed by atoms with Gasteiger partial charge in [-0.1, -0.05) is 251 Å². The fraction of sp³-hybridized carbons (Fsp3) is 0.211. The van der Waals surface area contributed by atoms with E-state index in [-0.39, 0.29) is 60.5 Å². The lowest BCUT2D eigenvalue weighted by molar-refractivity contribution is 0.523. The highest BCUT2D eigenvalue weighted by atomic mass is 15.1. The van der Waals surface area contributed by atoms with E-state index in [1.807, 2.05) is 84.9 Å². The first kappa shape index (κ1) is 79.3. The van der Waals surface area contributed by atoms with Crippen LogP contribution >= 0.6 is 0 Å². The van der Waals surface area contributed by atoms with Crippen LogP contribution < -0.4 is 0 Å². The summed E-state index contributed by atoms with van der Waals surface area (Å²) in [5.41, 5.74) is 18.9. The maximum atomic E-state index is 12.8. The Morgan fingerprint density at radius 1 is 0.190 bits per heavy atom. The van der Waals surface area contributed by atoms with E-state index < -0.39 is 5.41 Å². The predicted molar refractivity (Wildman–Crippen MR) is 517 cm³/mol. The molecule has 0 aliphatic carbocycles. The van der Waals surface area contributed by atoms with Crippen molar-refractivity contribution < 1.29 is 0 Å². The van der Waals surface area contributed by atoms with Crippen molar-refractivity contribution in [3.05, 3.63) is 321 Å². The fourth-order valence-corrected chi connectivity index (χ4v) is 20.3. The van der Waals surface area contributed by atoms with E-state index >= 15 is 0 Å². The minimum absolute atomic E-state index is 0.172. The number of rotatable bonds is 9. The summed E-state index contributed by atoms with van der Waals surface area (Å²) in [6.07, 6.45) is 0.569. The quantitative estimate of drug-likeness (QED) is 0.139. The van der Waals surface area contributed by atoms with Crippen LogP contribution in [0.3, 0.4) is 0 Å². The van der Waals surface area contributed by atoms with Crippen molar-refractivity contribution >= 4 is 131 Å². The van der Waals surface area contributed by atoms with Crippen LogP contribution in [0.1, 0.15) is 190 Å². The van der Waals surface area contributed by atoms with Crippen molar-refractivity contribution in [2.24, 2.45) is 0 Å². The lowest BCUT2D eigenvalue weighted by atomic mass is 9.78. The molecule has 6 aromatic heterocycles. The lowest BCUT2D eigenvalue weighted by Crippen LogP contribution is -2.20. The third kappa shape index (κ3) is 11.8. The zero-order chi connectivity index (χ0) is 88.2. The van der Waals surface area contributed by atoms with Crippen LogP contribution in [-0.4, -0.2) is 27.4 Å². The Morgan fingerprint density at radius 2 is 0.357 bits per heavy atom. The lowest BCUT2D eigenvalue weighted by Gasteiger charge is -2.26. The van der Waals surface area contributed by atoms with Gasteiger partial charge in [-0.2, -0.15) is 31.6 Å². The number of fused-ring (bicyclic) bond motifs is 18. The van der Waals surface area contributed by atoms with Gasteiger partial charge in [0, 0.05) is 64.6 Å². The largest absolute Gasteiger partial charge is 0.306 e.